The molecule has 2 nitrogen and oxygen atoms in total. The Labute approximate surface area is 330 Å². The van der Waals surface area contributed by atoms with E-state index in [1.165, 1.54) is 69.9 Å². The normalized spacial score (nSPS) is 13.0. The molecule has 0 saturated heterocycles. The van der Waals surface area contributed by atoms with Gasteiger partial charge in [0.15, 0.2) is 5.82 Å². The summed E-state index contributed by atoms with van der Waals surface area (Å²) in [6.45, 7) is 4.67. The van der Waals surface area contributed by atoms with Crippen LogP contribution in [0.4, 0.5) is 0 Å². The fourth-order valence-corrected chi connectivity index (χ4v) is 10.1. The third-order valence-electron chi connectivity index (χ3n) is 11.7. The van der Waals surface area contributed by atoms with Crippen molar-refractivity contribution < 1.29 is 0 Å². The van der Waals surface area contributed by atoms with Crippen molar-refractivity contribution in [3.05, 3.63) is 193 Å². The standard InChI is InChI=1S/C53H36N2S/c1-53(2)44-23-13-11-21-41(44)42-26-25-36(30-45(42)53)46-32-47(55-52(54-46)34-17-7-4-8-18-34)38-27-37(33-15-5-3-6-16-33)28-39(29-38)50-40-20-10-9-19-35(40)31-49-51(50)43-22-12-14-24-48(43)56-49/h3-32H,1-2H3. The molecule has 2 heterocycles. The van der Waals surface area contributed by atoms with Crippen molar-refractivity contribution in [1.29, 1.82) is 0 Å². The van der Waals surface area contributed by atoms with Crippen molar-refractivity contribution in [2.45, 2.75) is 19.3 Å². The van der Waals surface area contributed by atoms with Gasteiger partial charge in [-0.15, -0.1) is 11.3 Å². The minimum absolute atomic E-state index is 0.116. The number of hydrogen-bond donors (Lipinski definition) is 0. The lowest BCUT2D eigenvalue weighted by Gasteiger charge is -2.22. The van der Waals surface area contributed by atoms with Gasteiger partial charge in [-0.3, -0.25) is 0 Å². The van der Waals surface area contributed by atoms with Gasteiger partial charge in [0.25, 0.3) is 0 Å². The van der Waals surface area contributed by atoms with Crippen molar-refractivity contribution in [2.75, 3.05) is 0 Å². The Hall–Kier alpha value is -6.68. The van der Waals surface area contributed by atoms with E-state index in [-0.39, 0.29) is 5.41 Å². The zero-order chi connectivity index (χ0) is 37.4. The van der Waals surface area contributed by atoms with E-state index >= 15 is 0 Å². The monoisotopic (exact) mass is 732 g/mol. The molecule has 0 saturated carbocycles. The maximum atomic E-state index is 5.36. The molecule has 0 aliphatic heterocycles. The van der Waals surface area contributed by atoms with Gasteiger partial charge in [0.2, 0.25) is 0 Å². The summed E-state index contributed by atoms with van der Waals surface area (Å²) in [6, 6.07) is 66.0. The van der Waals surface area contributed by atoms with Crippen molar-refractivity contribution >= 4 is 42.3 Å². The Morgan fingerprint density at radius 1 is 0.411 bits per heavy atom. The van der Waals surface area contributed by atoms with Crippen LogP contribution in [0.25, 0.3) is 98.2 Å². The first-order valence-corrected chi connectivity index (χ1v) is 20.0. The maximum Gasteiger partial charge on any atom is 0.160 e. The molecule has 1 aliphatic carbocycles. The highest BCUT2D eigenvalue weighted by Gasteiger charge is 2.35. The van der Waals surface area contributed by atoms with Crippen molar-refractivity contribution in [1.82, 2.24) is 9.97 Å². The highest BCUT2D eigenvalue weighted by Crippen LogP contribution is 2.50. The third kappa shape index (κ3) is 5.23. The summed E-state index contributed by atoms with van der Waals surface area (Å²) >= 11 is 1.87. The maximum absolute atomic E-state index is 5.36. The molecule has 56 heavy (non-hydrogen) atoms. The van der Waals surface area contributed by atoms with Gasteiger partial charge in [-0.2, -0.15) is 0 Å². The number of fused-ring (bicyclic) bond motifs is 7. The third-order valence-corrected chi connectivity index (χ3v) is 12.8. The Kier molecular flexibility index (Phi) is 7.42. The molecule has 0 fully saturated rings. The summed E-state index contributed by atoms with van der Waals surface area (Å²) in [6.07, 6.45) is 0. The lowest BCUT2D eigenvalue weighted by molar-refractivity contribution is 0.660. The minimum atomic E-state index is -0.116. The average Bonchev–Trinajstić information content (AvgIpc) is 3.74. The average molecular weight is 733 g/mol. The molecule has 0 bridgehead atoms. The van der Waals surface area contributed by atoms with Gasteiger partial charge >= 0.3 is 0 Å². The molecule has 10 aromatic rings. The van der Waals surface area contributed by atoms with Crippen molar-refractivity contribution in [2.24, 2.45) is 0 Å². The van der Waals surface area contributed by atoms with Gasteiger partial charge in [0.05, 0.1) is 11.4 Å². The Bertz CT molecular complexity index is 3160. The molecule has 3 heteroatoms. The highest BCUT2D eigenvalue weighted by molar-refractivity contribution is 7.26. The van der Waals surface area contributed by atoms with Gasteiger partial charge < -0.3 is 0 Å². The molecule has 1 aliphatic rings. The zero-order valence-electron chi connectivity index (χ0n) is 31.1. The van der Waals surface area contributed by atoms with E-state index in [4.69, 9.17) is 9.97 Å². The second kappa shape index (κ2) is 12.7. The van der Waals surface area contributed by atoms with Gasteiger partial charge in [-0.1, -0.05) is 153 Å². The molecular weight excluding hydrogens is 697 g/mol. The lowest BCUT2D eigenvalue weighted by Crippen LogP contribution is -2.14. The van der Waals surface area contributed by atoms with Gasteiger partial charge in [0, 0.05) is 42.3 Å². The first-order valence-electron chi connectivity index (χ1n) is 19.2. The molecule has 264 valence electrons. The molecule has 0 N–H and O–H groups in total. The zero-order valence-corrected chi connectivity index (χ0v) is 31.9. The fraction of sp³-hybridized carbons (Fsp3) is 0.0566. The van der Waals surface area contributed by atoms with E-state index < -0.39 is 0 Å². The predicted octanol–water partition coefficient (Wildman–Crippen LogP) is 14.6. The topological polar surface area (TPSA) is 25.8 Å². The Balaban J connectivity index is 1.18. The first-order chi connectivity index (χ1) is 27.5. The van der Waals surface area contributed by atoms with E-state index in [1.54, 1.807) is 0 Å². The Morgan fingerprint density at radius 2 is 1.04 bits per heavy atom. The number of aromatic nitrogens is 2. The van der Waals surface area contributed by atoms with Crippen LogP contribution in [-0.2, 0) is 5.41 Å². The quantitative estimate of drug-likeness (QED) is 0.176. The molecule has 0 radical (unpaired) electrons. The van der Waals surface area contributed by atoms with Crippen LogP contribution in [0.2, 0.25) is 0 Å². The van der Waals surface area contributed by atoms with Crippen LogP contribution < -0.4 is 0 Å². The van der Waals surface area contributed by atoms with Gasteiger partial charge in [0.1, 0.15) is 0 Å². The smallest absolute Gasteiger partial charge is 0.160 e. The van der Waals surface area contributed by atoms with Gasteiger partial charge in [-0.25, -0.2) is 9.97 Å². The van der Waals surface area contributed by atoms with E-state index in [1.807, 2.05) is 17.4 Å². The number of benzene rings is 8. The second-order valence-corrected chi connectivity index (χ2v) is 16.5. The van der Waals surface area contributed by atoms with Crippen LogP contribution in [0.3, 0.4) is 0 Å². The van der Waals surface area contributed by atoms with Crippen LogP contribution >= 0.6 is 11.3 Å². The van der Waals surface area contributed by atoms with E-state index in [0.717, 1.165) is 33.6 Å². The van der Waals surface area contributed by atoms with Crippen LogP contribution in [0.15, 0.2) is 182 Å². The second-order valence-electron chi connectivity index (χ2n) is 15.4. The summed E-state index contributed by atoms with van der Waals surface area (Å²) in [5.41, 5.74) is 14.9. The molecule has 11 rings (SSSR count). The molecule has 0 atom stereocenters. The summed E-state index contributed by atoms with van der Waals surface area (Å²) in [5, 5.41) is 5.08. The summed E-state index contributed by atoms with van der Waals surface area (Å²) in [7, 11) is 0. The predicted molar refractivity (Wildman–Crippen MR) is 237 cm³/mol. The summed E-state index contributed by atoms with van der Waals surface area (Å²) in [5.74, 6) is 0.712. The molecule has 8 aromatic carbocycles. The van der Waals surface area contributed by atoms with E-state index in [9.17, 15) is 0 Å². The molecule has 0 unspecified atom stereocenters. The highest BCUT2D eigenvalue weighted by atomic mass is 32.1. The van der Waals surface area contributed by atoms with Crippen LogP contribution in [0.1, 0.15) is 25.0 Å². The molecular formula is C53H36N2S. The van der Waals surface area contributed by atoms with E-state index in [2.05, 4.69) is 190 Å². The summed E-state index contributed by atoms with van der Waals surface area (Å²) in [4.78, 5) is 10.6. The SMILES string of the molecule is CC1(C)c2ccccc2-c2ccc(-c3cc(-c4cc(-c5ccccc5)cc(-c5c6ccccc6cc6sc7ccccc7c56)c4)nc(-c4ccccc4)n3)cc21. The fourth-order valence-electron chi connectivity index (χ4n) is 8.89. The molecule has 0 amide bonds. The summed E-state index contributed by atoms with van der Waals surface area (Å²) < 4.78 is 2.59. The van der Waals surface area contributed by atoms with Gasteiger partial charge in [-0.05, 0) is 97.7 Å². The van der Waals surface area contributed by atoms with Crippen LogP contribution in [0, 0.1) is 0 Å². The van der Waals surface area contributed by atoms with Crippen molar-refractivity contribution in [3.8, 4) is 67.3 Å². The number of rotatable bonds is 5. The molecule has 2 aromatic heterocycles. The minimum Gasteiger partial charge on any atom is -0.228 e. The lowest BCUT2D eigenvalue weighted by atomic mass is 9.82. The number of nitrogens with zero attached hydrogens (tertiary/aromatic N) is 2. The van der Waals surface area contributed by atoms with Crippen LogP contribution in [0.5, 0.6) is 0 Å². The van der Waals surface area contributed by atoms with E-state index in [0.29, 0.717) is 5.82 Å². The number of thiophene rings is 1. The largest absolute Gasteiger partial charge is 0.228 e. The molecule has 0 spiro atoms. The van der Waals surface area contributed by atoms with Crippen molar-refractivity contribution in [3.63, 3.8) is 0 Å². The first kappa shape index (κ1) is 32.7. The number of hydrogen-bond acceptors (Lipinski definition) is 3. The Morgan fingerprint density at radius 3 is 1.86 bits per heavy atom. The van der Waals surface area contributed by atoms with Crippen LogP contribution in [-0.4, -0.2) is 9.97 Å².